The zero-order chi connectivity index (χ0) is 21.5. The van der Waals surface area contributed by atoms with Crippen molar-refractivity contribution < 1.29 is 18.4 Å². The lowest BCUT2D eigenvalue weighted by Crippen LogP contribution is -2.38. The Morgan fingerprint density at radius 3 is 1.52 bits per heavy atom. The number of hydrogen-bond donors (Lipinski definition) is 0. The minimum Gasteiger partial charge on any atom is -0.488 e. The van der Waals surface area contributed by atoms with Crippen molar-refractivity contribution >= 4 is 11.6 Å². The monoisotopic (exact) mass is 398 g/mol. The molecule has 4 nitrogen and oxygen atoms in total. The van der Waals surface area contributed by atoms with Crippen molar-refractivity contribution in [2.45, 2.75) is 6.92 Å². The van der Waals surface area contributed by atoms with Crippen LogP contribution in [-0.2, 0) is 0 Å². The Hall–Kier alpha value is -2.30. The van der Waals surface area contributed by atoms with E-state index in [0.29, 0.717) is 0 Å². The minimum atomic E-state index is 0.723. The topological polar surface area (TPSA) is 18.5 Å². The molecule has 29 heavy (non-hydrogen) atoms. The van der Waals surface area contributed by atoms with E-state index in [4.69, 9.17) is 9.47 Å². The highest BCUT2D eigenvalue weighted by Crippen LogP contribution is 2.22. The van der Waals surface area contributed by atoms with E-state index in [2.05, 4.69) is 79.6 Å². The predicted octanol–water partition coefficient (Wildman–Crippen LogP) is 4.42. The van der Waals surface area contributed by atoms with Crippen LogP contribution in [0.4, 0.5) is 0 Å². The van der Waals surface area contributed by atoms with Crippen LogP contribution in [-0.4, -0.2) is 77.6 Å². The molecule has 4 heteroatoms. The second kappa shape index (κ2) is 9.95. The molecule has 0 unspecified atom stereocenters. The number of allylic oxidation sites excluding steroid dienone is 1. The molecule has 2 aromatic carbocycles. The third kappa shape index (κ3) is 9.16. The second-order valence-electron chi connectivity index (χ2n) is 9.65. The zero-order valence-corrected chi connectivity index (χ0v) is 19.2. The summed E-state index contributed by atoms with van der Waals surface area (Å²) >= 11 is 0. The molecule has 2 rings (SSSR count). The Balaban J connectivity index is 1.91. The fourth-order valence-electron chi connectivity index (χ4n) is 2.68. The summed E-state index contributed by atoms with van der Waals surface area (Å²) in [6.07, 6.45) is 2.20. The van der Waals surface area contributed by atoms with Crippen LogP contribution in [0, 0.1) is 0 Å². The number of rotatable bonds is 10. The first-order chi connectivity index (χ1) is 13.5. The van der Waals surface area contributed by atoms with Crippen LogP contribution in [0.15, 0.2) is 48.5 Å². The molecule has 0 aliphatic heterocycles. The number of likely N-dealkylation sites (N-methyl/N-ethyl adjacent to an activating group) is 2. The van der Waals surface area contributed by atoms with Crippen LogP contribution >= 0.6 is 0 Å². The number of ether oxygens (including phenoxy) is 2. The third-order valence-electron chi connectivity index (χ3n) is 4.63. The molecule has 0 amide bonds. The number of benzene rings is 2. The molecule has 0 aromatic heterocycles. The third-order valence-corrected chi connectivity index (χ3v) is 4.63. The van der Waals surface area contributed by atoms with Gasteiger partial charge in [0.2, 0.25) is 0 Å². The Morgan fingerprint density at radius 1 is 0.690 bits per heavy atom. The SMILES string of the molecule is C/C(=C/c1ccc(OCC[N+](C)(C)C)cc1)c1ccc(OCC[N+](C)(C)C)cc1. The quantitative estimate of drug-likeness (QED) is 0.436. The first-order valence-corrected chi connectivity index (χ1v) is 10.3. The molecule has 158 valence electrons. The summed E-state index contributed by atoms with van der Waals surface area (Å²) in [7, 11) is 13.0. The molecule has 0 bridgehead atoms. The maximum atomic E-state index is 5.85. The van der Waals surface area contributed by atoms with Gasteiger partial charge in [-0.05, 0) is 47.9 Å². The summed E-state index contributed by atoms with van der Waals surface area (Å²) in [5.74, 6) is 1.84. The number of hydrogen-bond acceptors (Lipinski definition) is 2. The van der Waals surface area contributed by atoms with Crippen molar-refractivity contribution in [2.75, 3.05) is 68.6 Å². The average molecular weight is 399 g/mol. The van der Waals surface area contributed by atoms with Gasteiger partial charge in [-0.2, -0.15) is 0 Å². The van der Waals surface area contributed by atoms with Gasteiger partial charge < -0.3 is 18.4 Å². The van der Waals surface area contributed by atoms with Gasteiger partial charge in [0.1, 0.15) is 37.8 Å². The Bertz CT molecular complexity index is 780. The molecular formula is C25H38N2O2+2. The Kier molecular flexibility index (Phi) is 7.88. The summed E-state index contributed by atoms with van der Waals surface area (Å²) in [6, 6.07) is 16.6. The lowest BCUT2D eigenvalue weighted by atomic mass is 10.0. The van der Waals surface area contributed by atoms with Gasteiger partial charge in [-0.25, -0.2) is 0 Å². The van der Waals surface area contributed by atoms with Gasteiger partial charge in [0, 0.05) is 0 Å². The molecule has 0 radical (unpaired) electrons. The van der Waals surface area contributed by atoms with Crippen LogP contribution < -0.4 is 9.47 Å². The van der Waals surface area contributed by atoms with Crippen LogP contribution in [0.1, 0.15) is 18.1 Å². The normalized spacial score (nSPS) is 12.7. The number of nitrogens with zero attached hydrogens (tertiary/aromatic N) is 2. The molecule has 0 heterocycles. The average Bonchev–Trinajstić information content (AvgIpc) is 2.61. The highest BCUT2D eigenvalue weighted by Gasteiger charge is 2.07. The molecule has 0 saturated carbocycles. The largest absolute Gasteiger partial charge is 0.488 e. The van der Waals surface area contributed by atoms with E-state index in [9.17, 15) is 0 Å². The summed E-state index contributed by atoms with van der Waals surface area (Å²) in [5.41, 5.74) is 3.60. The van der Waals surface area contributed by atoms with Crippen molar-refractivity contribution in [3.05, 3.63) is 59.7 Å². The van der Waals surface area contributed by atoms with Gasteiger partial charge in [0.15, 0.2) is 0 Å². The van der Waals surface area contributed by atoms with Crippen molar-refractivity contribution in [1.82, 2.24) is 0 Å². The van der Waals surface area contributed by atoms with Gasteiger partial charge in [0.05, 0.1) is 42.3 Å². The number of quaternary nitrogens is 2. The van der Waals surface area contributed by atoms with Crippen molar-refractivity contribution in [1.29, 1.82) is 0 Å². The van der Waals surface area contributed by atoms with Crippen molar-refractivity contribution in [3.8, 4) is 11.5 Å². The fraction of sp³-hybridized carbons (Fsp3) is 0.440. The maximum absolute atomic E-state index is 5.85. The molecule has 0 saturated heterocycles. The molecule has 0 aliphatic carbocycles. The summed E-state index contributed by atoms with van der Waals surface area (Å²) in [5, 5.41) is 0. The van der Waals surface area contributed by atoms with Gasteiger partial charge in [-0.15, -0.1) is 0 Å². The highest BCUT2D eigenvalue weighted by atomic mass is 16.5. The van der Waals surface area contributed by atoms with E-state index in [0.717, 1.165) is 46.8 Å². The molecule has 0 atom stereocenters. The maximum Gasteiger partial charge on any atom is 0.137 e. The van der Waals surface area contributed by atoms with Gasteiger partial charge >= 0.3 is 0 Å². The second-order valence-corrected chi connectivity index (χ2v) is 9.65. The molecule has 0 fully saturated rings. The molecule has 0 spiro atoms. The Morgan fingerprint density at radius 2 is 1.10 bits per heavy atom. The molecular weight excluding hydrogens is 360 g/mol. The molecule has 0 N–H and O–H groups in total. The van der Waals surface area contributed by atoms with E-state index in [1.165, 1.54) is 16.7 Å². The van der Waals surface area contributed by atoms with Gasteiger partial charge in [-0.1, -0.05) is 30.3 Å². The van der Waals surface area contributed by atoms with E-state index in [1.807, 2.05) is 24.3 Å². The van der Waals surface area contributed by atoms with Gasteiger partial charge in [0.25, 0.3) is 0 Å². The van der Waals surface area contributed by atoms with Crippen molar-refractivity contribution in [2.24, 2.45) is 0 Å². The molecule has 0 aliphatic rings. The van der Waals surface area contributed by atoms with Crippen LogP contribution in [0.25, 0.3) is 11.6 Å². The van der Waals surface area contributed by atoms with E-state index in [-0.39, 0.29) is 0 Å². The highest BCUT2D eigenvalue weighted by molar-refractivity contribution is 5.80. The lowest BCUT2D eigenvalue weighted by Gasteiger charge is -2.23. The van der Waals surface area contributed by atoms with Gasteiger partial charge in [-0.3, -0.25) is 0 Å². The molecule has 2 aromatic rings. The standard InChI is InChI=1S/C25H38N2O2/c1-21(23-10-14-25(15-11-23)29-19-17-27(5,6)7)20-22-8-12-24(13-9-22)28-18-16-26(2,3)4/h8-15,20H,16-19H2,1-7H3/q+2/b21-20-. The summed E-state index contributed by atoms with van der Waals surface area (Å²) in [4.78, 5) is 0. The Labute approximate surface area is 177 Å². The minimum absolute atomic E-state index is 0.723. The zero-order valence-electron chi connectivity index (χ0n) is 19.2. The fourth-order valence-corrected chi connectivity index (χ4v) is 2.68. The lowest BCUT2D eigenvalue weighted by molar-refractivity contribution is -0.870. The predicted molar refractivity (Wildman–Crippen MR) is 123 cm³/mol. The summed E-state index contributed by atoms with van der Waals surface area (Å²) in [6.45, 7) is 5.55. The van der Waals surface area contributed by atoms with E-state index in [1.54, 1.807) is 0 Å². The first-order valence-electron chi connectivity index (χ1n) is 10.3. The van der Waals surface area contributed by atoms with Crippen LogP contribution in [0.3, 0.4) is 0 Å². The van der Waals surface area contributed by atoms with Crippen LogP contribution in [0.2, 0.25) is 0 Å². The van der Waals surface area contributed by atoms with Crippen LogP contribution in [0.5, 0.6) is 11.5 Å². The van der Waals surface area contributed by atoms with E-state index < -0.39 is 0 Å². The summed E-state index contributed by atoms with van der Waals surface area (Å²) < 4.78 is 13.5. The smallest absolute Gasteiger partial charge is 0.137 e. The van der Waals surface area contributed by atoms with Crippen molar-refractivity contribution in [3.63, 3.8) is 0 Å². The van der Waals surface area contributed by atoms with E-state index >= 15 is 0 Å². The first kappa shape index (κ1) is 23.0.